The number of pyridine rings is 1. The second kappa shape index (κ2) is 6.97. The third-order valence-electron chi connectivity index (χ3n) is 3.78. The molecule has 0 atom stereocenters. The van der Waals surface area contributed by atoms with Gasteiger partial charge in [-0.25, -0.2) is 9.97 Å². The van der Waals surface area contributed by atoms with Crippen LogP contribution in [0.25, 0.3) is 10.8 Å². The van der Waals surface area contributed by atoms with E-state index in [0.717, 1.165) is 15.2 Å². The van der Waals surface area contributed by atoms with Crippen molar-refractivity contribution in [1.29, 1.82) is 0 Å². The van der Waals surface area contributed by atoms with Crippen LogP contribution in [0.1, 0.15) is 0 Å². The predicted octanol–water partition coefficient (Wildman–Crippen LogP) is 4.91. The van der Waals surface area contributed by atoms with E-state index in [9.17, 15) is 0 Å². The molecule has 0 saturated heterocycles. The molecule has 0 aliphatic rings. The van der Waals surface area contributed by atoms with E-state index in [4.69, 9.17) is 10.5 Å². The third-order valence-corrected chi connectivity index (χ3v) is 4.25. The van der Waals surface area contributed by atoms with Crippen LogP contribution in [-0.2, 0) is 0 Å². The fourth-order valence-corrected chi connectivity index (χ4v) is 2.75. The molecule has 0 aliphatic carbocycles. The van der Waals surface area contributed by atoms with Gasteiger partial charge in [-0.3, -0.25) is 0 Å². The minimum absolute atomic E-state index is 0.288. The fraction of sp³-hybridized carbons (Fsp3) is 0. The normalized spacial score (nSPS) is 10.7. The van der Waals surface area contributed by atoms with Gasteiger partial charge in [0.15, 0.2) is 5.82 Å². The molecule has 0 aliphatic heterocycles. The van der Waals surface area contributed by atoms with Crippen molar-refractivity contribution in [2.45, 2.75) is 0 Å². The molecule has 0 radical (unpaired) electrons. The van der Waals surface area contributed by atoms with E-state index in [1.807, 2.05) is 54.6 Å². The highest BCUT2D eigenvalue weighted by molar-refractivity contribution is 9.10. The molecule has 2 aromatic heterocycles. The number of hydrogen-bond donors (Lipinski definition) is 2. The summed E-state index contributed by atoms with van der Waals surface area (Å²) in [6, 6.07) is 17.5. The molecule has 0 spiro atoms. The van der Waals surface area contributed by atoms with E-state index in [0.29, 0.717) is 23.1 Å². The minimum Gasteiger partial charge on any atom is -0.436 e. The van der Waals surface area contributed by atoms with Crippen molar-refractivity contribution < 1.29 is 4.74 Å². The van der Waals surface area contributed by atoms with Gasteiger partial charge in [0.05, 0.1) is 0 Å². The maximum Gasteiger partial charge on any atom is 0.248 e. The smallest absolute Gasteiger partial charge is 0.248 e. The van der Waals surface area contributed by atoms with Gasteiger partial charge in [-0.15, -0.1) is 0 Å². The number of rotatable bonds is 4. The summed E-state index contributed by atoms with van der Waals surface area (Å²) < 4.78 is 6.86. The van der Waals surface area contributed by atoms with Gasteiger partial charge in [-0.1, -0.05) is 36.4 Å². The van der Waals surface area contributed by atoms with Crippen LogP contribution in [0, 0.1) is 0 Å². The Morgan fingerprint density at radius 3 is 2.62 bits per heavy atom. The topological polar surface area (TPSA) is 86.0 Å². The summed E-state index contributed by atoms with van der Waals surface area (Å²) in [5, 5.41) is 5.14. The maximum absolute atomic E-state index is 6.20. The average Bonchev–Trinajstić information content (AvgIpc) is 2.67. The Kier molecular flexibility index (Phi) is 4.37. The number of nitrogens with zero attached hydrogens (tertiary/aromatic N) is 3. The van der Waals surface area contributed by atoms with Gasteiger partial charge < -0.3 is 15.8 Å². The molecule has 0 saturated carbocycles. The summed E-state index contributed by atoms with van der Waals surface area (Å²) in [6.07, 6.45) is 3.09. The number of anilines is 3. The average molecular weight is 408 g/mol. The van der Waals surface area contributed by atoms with Crippen LogP contribution < -0.4 is 15.8 Å². The molecule has 4 aromatic rings. The summed E-state index contributed by atoms with van der Waals surface area (Å²) in [5.41, 5.74) is 6.51. The van der Waals surface area contributed by atoms with Crippen LogP contribution >= 0.6 is 15.9 Å². The van der Waals surface area contributed by atoms with Gasteiger partial charge in [0.1, 0.15) is 23.6 Å². The van der Waals surface area contributed by atoms with E-state index in [-0.39, 0.29) is 5.88 Å². The number of aromatic nitrogens is 3. The molecule has 3 N–H and O–H groups in total. The van der Waals surface area contributed by atoms with Crippen molar-refractivity contribution in [2.75, 3.05) is 11.1 Å². The zero-order valence-electron chi connectivity index (χ0n) is 13.6. The lowest BCUT2D eigenvalue weighted by atomic mass is 10.1. The molecule has 6 nitrogen and oxygen atoms in total. The molecule has 7 heteroatoms. The lowest BCUT2D eigenvalue weighted by Crippen LogP contribution is -2.04. The zero-order chi connectivity index (χ0) is 17.9. The van der Waals surface area contributed by atoms with Gasteiger partial charge in [0.25, 0.3) is 0 Å². The summed E-state index contributed by atoms with van der Waals surface area (Å²) in [4.78, 5) is 12.6. The highest BCUT2D eigenvalue weighted by atomic mass is 79.9. The molecule has 4 rings (SSSR count). The number of ether oxygens (including phenoxy) is 1. The molecule has 0 fully saturated rings. The largest absolute Gasteiger partial charge is 0.436 e. The Morgan fingerprint density at radius 2 is 1.77 bits per heavy atom. The molecular formula is C19H14BrN5O. The molecule has 128 valence electrons. The first-order valence-corrected chi connectivity index (χ1v) is 8.65. The second-order valence-corrected chi connectivity index (χ2v) is 6.42. The Bertz CT molecular complexity index is 1060. The third kappa shape index (κ3) is 3.29. The van der Waals surface area contributed by atoms with Gasteiger partial charge in [0.2, 0.25) is 5.88 Å². The van der Waals surface area contributed by atoms with Crippen molar-refractivity contribution in [3.63, 3.8) is 0 Å². The van der Waals surface area contributed by atoms with E-state index < -0.39 is 0 Å². The summed E-state index contributed by atoms with van der Waals surface area (Å²) in [6.45, 7) is 0. The van der Waals surface area contributed by atoms with E-state index in [1.165, 1.54) is 6.33 Å². The lowest BCUT2D eigenvalue weighted by molar-refractivity contribution is 0.470. The SMILES string of the molecule is Nc1c(Nc2ccc(Br)cn2)ncnc1Oc1cccc2ccccc12. The molecule has 26 heavy (non-hydrogen) atoms. The Morgan fingerprint density at radius 1 is 0.923 bits per heavy atom. The van der Waals surface area contributed by atoms with E-state index in [2.05, 4.69) is 36.2 Å². The minimum atomic E-state index is 0.288. The highest BCUT2D eigenvalue weighted by Crippen LogP contribution is 2.34. The first kappa shape index (κ1) is 16.3. The standard InChI is InChI=1S/C19H14BrN5O/c20-13-8-9-16(22-10-13)25-18-17(21)19(24-11-23-18)26-15-7-3-5-12-4-1-2-6-14(12)15/h1-11H,21H2,(H,22,23,24,25). The van der Waals surface area contributed by atoms with Crippen LogP contribution in [0.15, 0.2) is 71.6 Å². The predicted molar refractivity (Wildman–Crippen MR) is 106 cm³/mol. The molecule has 2 heterocycles. The number of hydrogen-bond acceptors (Lipinski definition) is 6. The molecule has 0 amide bonds. The lowest BCUT2D eigenvalue weighted by Gasteiger charge is -2.12. The monoisotopic (exact) mass is 407 g/mol. The molecule has 0 unspecified atom stereocenters. The summed E-state index contributed by atoms with van der Waals surface area (Å²) in [7, 11) is 0. The Hall–Kier alpha value is -3.19. The first-order chi connectivity index (χ1) is 12.7. The van der Waals surface area contributed by atoms with Crippen molar-refractivity contribution in [3.8, 4) is 11.6 Å². The first-order valence-electron chi connectivity index (χ1n) is 7.85. The summed E-state index contributed by atoms with van der Waals surface area (Å²) >= 11 is 3.35. The highest BCUT2D eigenvalue weighted by Gasteiger charge is 2.12. The maximum atomic E-state index is 6.20. The van der Waals surface area contributed by atoms with Crippen molar-refractivity contribution in [2.24, 2.45) is 0 Å². The van der Waals surface area contributed by atoms with Crippen molar-refractivity contribution in [1.82, 2.24) is 15.0 Å². The van der Waals surface area contributed by atoms with Crippen LogP contribution in [-0.4, -0.2) is 15.0 Å². The number of benzene rings is 2. The van der Waals surface area contributed by atoms with E-state index >= 15 is 0 Å². The van der Waals surface area contributed by atoms with Gasteiger partial charge in [-0.05, 0) is 39.5 Å². The van der Waals surface area contributed by atoms with E-state index in [1.54, 1.807) is 6.20 Å². The fourth-order valence-electron chi connectivity index (χ4n) is 2.52. The summed E-state index contributed by atoms with van der Waals surface area (Å²) in [5.74, 6) is 2.02. The van der Waals surface area contributed by atoms with Gasteiger partial charge in [0, 0.05) is 16.1 Å². The number of fused-ring (bicyclic) bond motifs is 1. The van der Waals surface area contributed by atoms with Crippen molar-refractivity contribution in [3.05, 3.63) is 71.6 Å². The van der Waals surface area contributed by atoms with Crippen molar-refractivity contribution >= 4 is 44.0 Å². The number of nitrogens with one attached hydrogen (secondary N) is 1. The Labute approximate surface area is 158 Å². The number of nitrogen functional groups attached to an aromatic ring is 1. The number of nitrogens with two attached hydrogens (primary N) is 1. The van der Waals surface area contributed by atoms with Crippen LogP contribution in [0.3, 0.4) is 0 Å². The Balaban J connectivity index is 1.66. The van der Waals surface area contributed by atoms with Crippen LogP contribution in [0.4, 0.5) is 17.3 Å². The molecular weight excluding hydrogens is 394 g/mol. The quantitative estimate of drug-likeness (QED) is 0.499. The molecule has 2 aromatic carbocycles. The van der Waals surface area contributed by atoms with Crippen LogP contribution in [0.2, 0.25) is 0 Å². The molecule has 0 bridgehead atoms. The second-order valence-electron chi connectivity index (χ2n) is 5.51. The van der Waals surface area contributed by atoms with Gasteiger partial charge in [-0.2, -0.15) is 4.98 Å². The zero-order valence-corrected chi connectivity index (χ0v) is 15.1. The number of halogens is 1. The van der Waals surface area contributed by atoms with Crippen LogP contribution in [0.5, 0.6) is 11.6 Å². The van der Waals surface area contributed by atoms with Gasteiger partial charge >= 0.3 is 0 Å².